The van der Waals surface area contributed by atoms with Gasteiger partial charge in [-0.15, -0.1) is 0 Å². The third-order valence-corrected chi connectivity index (χ3v) is 4.39. The molecule has 0 bridgehead atoms. The summed E-state index contributed by atoms with van der Waals surface area (Å²) in [5, 5.41) is 4.21. The molecule has 2 rings (SSSR count). The first-order chi connectivity index (χ1) is 9.58. The third kappa shape index (κ3) is 4.08. The predicted molar refractivity (Wildman–Crippen MR) is 91.1 cm³/mol. The topological polar surface area (TPSA) is 12.0 Å². The molecule has 0 fully saturated rings. The van der Waals surface area contributed by atoms with E-state index in [0.29, 0.717) is 5.92 Å². The lowest BCUT2D eigenvalue weighted by molar-refractivity contribution is 0.552. The van der Waals surface area contributed by atoms with Crippen molar-refractivity contribution >= 4 is 27.5 Å². The van der Waals surface area contributed by atoms with Crippen molar-refractivity contribution in [1.29, 1.82) is 0 Å². The van der Waals surface area contributed by atoms with Crippen LogP contribution in [0.5, 0.6) is 0 Å². The lowest BCUT2D eigenvalue weighted by Crippen LogP contribution is -2.18. The Morgan fingerprint density at radius 3 is 2.45 bits per heavy atom. The number of benzene rings is 2. The van der Waals surface area contributed by atoms with Crippen LogP contribution in [0.15, 0.2) is 46.9 Å². The predicted octanol–water partition coefficient (Wildman–Crippen LogP) is 5.52. The van der Waals surface area contributed by atoms with Crippen LogP contribution in [0.25, 0.3) is 11.1 Å². The van der Waals surface area contributed by atoms with Gasteiger partial charge in [0.25, 0.3) is 0 Å². The van der Waals surface area contributed by atoms with Crippen molar-refractivity contribution in [2.45, 2.75) is 20.4 Å². The maximum absolute atomic E-state index is 6.33. The van der Waals surface area contributed by atoms with Crippen LogP contribution in [0.1, 0.15) is 19.4 Å². The Hall–Kier alpha value is -0.830. The molecule has 0 aliphatic heterocycles. The van der Waals surface area contributed by atoms with Crippen LogP contribution >= 0.6 is 27.5 Å². The van der Waals surface area contributed by atoms with Crippen LogP contribution in [0, 0.1) is 5.92 Å². The van der Waals surface area contributed by atoms with Gasteiger partial charge in [-0.3, -0.25) is 0 Å². The van der Waals surface area contributed by atoms with E-state index in [-0.39, 0.29) is 0 Å². The molecule has 0 radical (unpaired) electrons. The average molecular weight is 353 g/mol. The summed E-state index contributed by atoms with van der Waals surface area (Å²) in [5.74, 6) is 0.676. The van der Waals surface area contributed by atoms with Crippen molar-refractivity contribution in [2.75, 3.05) is 6.54 Å². The molecule has 0 saturated heterocycles. The van der Waals surface area contributed by atoms with Gasteiger partial charge in [-0.1, -0.05) is 61.8 Å². The first-order valence-corrected chi connectivity index (χ1v) is 7.99. The van der Waals surface area contributed by atoms with Crippen LogP contribution in [0.3, 0.4) is 0 Å². The van der Waals surface area contributed by atoms with Gasteiger partial charge in [-0.2, -0.15) is 0 Å². The Bertz CT molecular complexity index is 564. The summed E-state index contributed by atoms with van der Waals surface area (Å²) >= 11 is 9.79. The highest BCUT2D eigenvalue weighted by Crippen LogP contribution is 2.33. The Morgan fingerprint density at radius 1 is 1.10 bits per heavy atom. The molecule has 0 atom stereocenters. The van der Waals surface area contributed by atoms with Gasteiger partial charge in [0, 0.05) is 16.6 Å². The molecular weight excluding hydrogens is 334 g/mol. The molecule has 0 aliphatic carbocycles. The molecule has 20 heavy (non-hydrogen) atoms. The van der Waals surface area contributed by atoms with E-state index in [4.69, 9.17) is 11.6 Å². The largest absolute Gasteiger partial charge is 0.312 e. The van der Waals surface area contributed by atoms with E-state index >= 15 is 0 Å². The maximum atomic E-state index is 6.33. The number of nitrogens with one attached hydrogen (secondary N) is 1. The van der Waals surface area contributed by atoms with Crippen LogP contribution in [-0.2, 0) is 6.54 Å². The molecule has 0 saturated carbocycles. The zero-order valence-corrected chi connectivity index (χ0v) is 14.1. The number of rotatable bonds is 5. The minimum absolute atomic E-state index is 0.676. The summed E-state index contributed by atoms with van der Waals surface area (Å²) in [4.78, 5) is 0. The van der Waals surface area contributed by atoms with Gasteiger partial charge < -0.3 is 5.32 Å². The Kier molecular flexibility index (Phi) is 5.64. The highest BCUT2D eigenvalue weighted by Gasteiger charge is 2.06. The molecule has 2 aromatic carbocycles. The second kappa shape index (κ2) is 7.26. The summed E-state index contributed by atoms with van der Waals surface area (Å²) in [7, 11) is 0. The minimum atomic E-state index is 0.676. The van der Waals surface area contributed by atoms with E-state index < -0.39 is 0 Å². The van der Waals surface area contributed by atoms with E-state index in [1.807, 2.05) is 18.2 Å². The fourth-order valence-electron chi connectivity index (χ4n) is 2.03. The number of halogens is 2. The highest BCUT2D eigenvalue weighted by molar-refractivity contribution is 9.10. The van der Waals surface area contributed by atoms with Crippen molar-refractivity contribution < 1.29 is 0 Å². The highest BCUT2D eigenvalue weighted by atomic mass is 79.9. The third-order valence-electron chi connectivity index (χ3n) is 3.10. The fraction of sp³-hybridized carbons (Fsp3) is 0.294. The number of hydrogen-bond donors (Lipinski definition) is 1. The molecule has 0 aliphatic rings. The molecule has 3 heteroatoms. The first-order valence-electron chi connectivity index (χ1n) is 6.82. The molecule has 0 aromatic heterocycles. The van der Waals surface area contributed by atoms with Gasteiger partial charge >= 0.3 is 0 Å². The van der Waals surface area contributed by atoms with Crippen LogP contribution < -0.4 is 5.32 Å². The number of hydrogen-bond acceptors (Lipinski definition) is 1. The molecule has 0 spiro atoms. The first kappa shape index (κ1) is 15.6. The van der Waals surface area contributed by atoms with Gasteiger partial charge in [0.1, 0.15) is 0 Å². The van der Waals surface area contributed by atoms with Gasteiger partial charge in [0.15, 0.2) is 0 Å². The fourth-order valence-corrected chi connectivity index (χ4v) is 2.64. The smallest absolute Gasteiger partial charge is 0.0626 e. The van der Waals surface area contributed by atoms with E-state index in [1.165, 1.54) is 5.56 Å². The zero-order chi connectivity index (χ0) is 14.5. The SMILES string of the molecule is CC(C)CNCc1ccc(-c2cccc(Br)c2Cl)cc1. The Morgan fingerprint density at radius 2 is 1.80 bits per heavy atom. The lowest BCUT2D eigenvalue weighted by Gasteiger charge is -2.09. The quantitative estimate of drug-likeness (QED) is 0.747. The maximum Gasteiger partial charge on any atom is 0.0626 e. The summed E-state index contributed by atoms with van der Waals surface area (Å²) in [5.41, 5.74) is 3.49. The minimum Gasteiger partial charge on any atom is -0.312 e. The monoisotopic (exact) mass is 351 g/mol. The summed E-state index contributed by atoms with van der Waals surface area (Å²) in [6, 6.07) is 14.6. The van der Waals surface area contributed by atoms with Crippen LogP contribution in [0.4, 0.5) is 0 Å². The molecular formula is C17H19BrClN. The molecule has 0 amide bonds. The van der Waals surface area contributed by atoms with Crippen LogP contribution in [0.2, 0.25) is 5.02 Å². The zero-order valence-electron chi connectivity index (χ0n) is 11.8. The summed E-state index contributed by atoms with van der Waals surface area (Å²) < 4.78 is 0.930. The average Bonchev–Trinajstić information content (AvgIpc) is 2.42. The second-order valence-electron chi connectivity index (χ2n) is 5.32. The van der Waals surface area contributed by atoms with Gasteiger partial charge in [-0.25, -0.2) is 0 Å². The standard InChI is InChI=1S/C17H19BrClN/c1-12(2)10-20-11-13-6-8-14(9-7-13)15-4-3-5-16(18)17(15)19/h3-9,12,20H,10-11H2,1-2H3. The molecule has 1 nitrogen and oxygen atoms in total. The van der Waals surface area contributed by atoms with E-state index in [2.05, 4.69) is 59.4 Å². The molecule has 106 valence electrons. The Balaban J connectivity index is 2.10. The summed E-state index contributed by atoms with van der Waals surface area (Å²) in [6.07, 6.45) is 0. The van der Waals surface area contributed by atoms with Gasteiger partial charge in [-0.05, 0) is 45.6 Å². The van der Waals surface area contributed by atoms with Crippen molar-refractivity contribution in [1.82, 2.24) is 5.32 Å². The molecule has 0 heterocycles. The Labute approximate surface area is 134 Å². The molecule has 0 unspecified atom stereocenters. The van der Waals surface area contributed by atoms with E-state index in [1.54, 1.807) is 0 Å². The summed E-state index contributed by atoms with van der Waals surface area (Å²) in [6.45, 7) is 6.38. The van der Waals surface area contributed by atoms with Gasteiger partial charge in [0.05, 0.1) is 5.02 Å². The molecule has 2 aromatic rings. The van der Waals surface area contributed by atoms with Crippen molar-refractivity contribution in [3.63, 3.8) is 0 Å². The van der Waals surface area contributed by atoms with Crippen molar-refractivity contribution in [3.8, 4) is 11.1 Å². The van der Waals surface area contributed by atoms with Gasteiger partial charge in [0.2, 0.25) is 0 Å². The normalized spacial score (nSPS) is 11.1. The molecule has 1 N–H and O–H groups in total. The van der Waals surface area contributed by atoms with Crippen LogP contribution in [-0.4, -0.2) is 6.54 Å². The van der Waals surface area contributed by atoms with Crippen molar-refractivity contribution in [2.24, 2.45) is 5.92 Å². The van der Waals surface area contributed by atoms with E-state index in [9.17, 15) is 0 Å². The van der Waals surface area contributed by atoms with Crippen molar-refractivity contribution in [3.05, 3.63) is 57.5 Å². The second-order valence-corrected chi connectivity index (χ2v) is 6.56. The lowest BCUT2D eigenvalue weighted by atomic mass is 10.0. The van der Waals surface area contributed by atoms with E-state index in [0.717, 1.165) is 33.7 Å².